The maximum absolute atomic E-state index is 2.33. The van der Waals surface area contributed by atoms with E-state index in [0.29, 0.717) is 0 Å². The minimum Gasteiger partial charge on any atom is -0.0683 e. The molecule has 0 aromatic heterocycles. The van der Waals surface area contributed by atoms with Gasteiger partial charge in [0.1, 0.15) is 0 Å². The number of hydrogen-bond donors (Lipinski definition) is 0. The van der Waals surface area contributed by atoms with Gasteiger partial charge in [-0.25, -0.2) is 0 Å². The lowest BCUT2D eigenvalue weighted by atomic mass is 9.80. The lowest BCUT2D eigenvalue weighted by Crippen LogP contribution is -2.16. The fourth-order valence-electron chi connectivity index (χ4n) is 1.97. The molecule has 0 heteroatoms. The summed E-state index contributed by atoms with van der Waals surface area (Å²) in [5, 5.41) is 0. The van der Waals surface area contributed by atoms with E-state index < -0.39 is 0 Å². The molecule has 0 amide bonds. The first-order valence-electron chi connectivity index (χ1n) is 7.74. The third-order valence-corrected chi connectivity index (χ3v) is 2.90. The Labute approximate surface area is 122 Å². The standard InChI is InChI=1S/C15H24.2C2H6/c1-11-10-12(14(2,3)4)8-9-13(11)15(5,6)7;2*1-2/h8-10H,1-7H3;2*1-2H3. The molecule has 0 aliphatic heterocycles. The number of aryl methyl sites for hydroxylation is 1. The van der Waals surface area contributed by atoms with Crippen molar-refractivity contribution in [3.05, 3.63) is 34.9 Å². The predicted molar refractivity (Wildman–Crippen MR) is 91.3 cm³/mol. The second kappa shape index (κ2) is 8.40. The Morgan fingerprint density at radius 1 is 0.684 bits per heavy atom. The molecule has 0 bridgehead atoms. The van der Waals surface area contributed by atoms with Crippen molar-refractivity contribution in [3.8, 4) is 0 Å². The minimum absolute atomic E-state index is 0.250. The predicted octanol–water partition coefficient (Wildman–Crippen LogP) is 6.64. The van der Waals surface area contributed by atoms with Crippen LogP contribution in [0.15, 0.2) is 18.2 Å². The second-order valence-electron chi connectivity index (χ2n) is 6.53. The van der Waals surface area contributed by atoms with Crippen molar-refractivity contribution in [3.63, 3.8) is 0 Å². The summed E-state index contributed by atoms with van der Waals surface area (Å²) >= 11 is 0. The molecule has 0 nitrogen and oxygen atoms in total. The lowest BCUT2D eigenvalue weighted by Gasteiger charge is -2.25. The first-order chi connectivity index (χ1) is 8.62. The van der Waals surface area contributed by atoms with E-state index in [9.17, 15) is 0 Å². The number of benzene rings is 1. The van der Waals surface area contributed by atoms with Crippen molar-refractivity contribution in [2.45, 2.75) is 87.0 Å². The van der Waals surface area contributed by atoms with E-state index in [4.69, 9.17) is 0 Å². The average molecular weight is 264 g/mol. The van der Waals surface area contributed by atoms with Gasteiger partial charge in [-0.05, 0) is 34.4 Å². The van der Waals surface area contributed by atoms with Gasteiger partial charge in [0.25, 0.3) is 0 Å². The van der Waals surface area contributed by atoms with Crippen molar-refractivity contribution in [1.82, 2.24) is 0 Å². The normalized spacial score (nSPS) is 10.9. The van der Waals surface area contributed by atoms with Crippen LogP contribution in [0.1, 0.15) is 85.9 Å². The molecule has 0 saturated carbocycles. The van der Waals surface area contributed by atoms with Gasteiger partial charge in [-0.15, -0.1) is 0 Å². The summed E-state index contributed by atoms with van der Waals surface area (Å²) in [6, 6.07) is 6.89. The van der Waals surface area contributed by atoms with E-state index in [2.05, 4.69) is 66.7 Å². The molecule has 0 heterocycles. The van der Waals surface area contributed by atoms with Crippen molar-refractivity contribution in [2.24, 2.45) is 0 Å². The maximum Gasteiger partial charge on any atom is -0.0129 e. The van der Waals surface area contributed by atoms with Crippen LogP contribution in [0.25, 0.3) is 0 Å². The SMILES string of the molecule is CC.CC.Cc1cc(C(C)(C)C)ccc1C(C)(C)C. The highest BCUT2D eigenvalue weighted by molar-refractivity contribution is 5.37. The van der Waals surface area contributed by atoms with E-state index >= 15 is 0 Å². The zero-order valence-electron chi connectivity index (χ0n) is 15.2. The topological polar surface area (TPSA) is 0 Å². The largest absolute Gasteiger partial charge is 0.0683 e. The van der Waals surface area contributed by atoms with Crippen molar-refractivity contribution < 1.29 is 0 Å². The average Bonchev–Trinajstić information content (AvgIpc) is 2.31. The molecule has 0 saturated heterocycles. The Kier molecular flexibility index (Phi) is 9.08. The molecule has 0 radical (unpaired) electrons. The van der Waals surface area contributed by atoms with Gasteiger partial charge >= 0.3 is 0 Å². The Morgan fingerprint density at radius 2 is 1.11 bits per heavy atom. The van der Waals surface area contributed by atoms with Crippen molar-refractivity contribution in [1.29, 1.82) is 0 Å². The molecule has 1 rings (SSSR count). The van der Waals surface area contributed by atoms with Crippen LogP contribution in [-0.4, -0.2) is 0 Å². The molecule has 1 aromatic carbocycles. The Balaban J connectivity index is 0. The summed E-state index contributed by atoms with van der Waals surface area (Å²) in [6.07, 6.45) is 0. The van der Waals surface area contributed by atoms with E-state index in [0.717, 1.165) is 0 Å². The Hall–Kier alpha value is -0.780. The fraction of sp³-hybridized carbons (Fsp3) is 0.684. The maximum atomic E-state index is 2.33. The molecule has 0 aliphatic carbocycles. The van der Waals surface area contributed by atoms with Gasteiger partial charge < -0.3 is 0 Å². The molecule has 0 spiro atoms. The first kappa shape index (κ1) is 20.5. The van der Waals surface area contributed by atoms with Crippen LogP contribution in [-0.2, 0) is 10.8 Å². The second-order valence-corrected chi connectivity index (χ2v) is 6.53. The van der Waals surface area contributed by atoms with Gasteiger partial charge in [0, 0.05) is 0 Å². The van der Waals surface area contributed by atoms with Gasteiger partial charge in [0.15, 0.2) is 0 Å². The monoisotopic (exact) mass is 264 g/mol. The molecule has 0 fully saturated rings. The number of rotatable bonds is 0. The zero-order chi connectivity index (χ0) is 15.9. The molecule has 19 heavy (non-hydrogen) atoms. The van der Waals surface area contributed by atoms with Gasteiger partial charge in [0.05, 0.1) is 0 Å². The van der Waals surface area contributed by atoms with Crippen LogP contribution >= 0.6 is 0 Å². The smallest absolute Gasteiger partial charge is 0.0129 e. The summed E-state index contributed by atoms with van der Waals surface area (Å²) in [5.74, 6) is 0. The fourth-order valence-corrected chi connectivity index (χ4v) is 1.97. The minimum atomic E-state index is 0.250. The summed E-state index contributed by atoms with van der Waals surface area (Å²) in [4.78, 5) is 0. The van der Waals surface area contributed by atoms with E-state index in [1.807, 2.05) is 27.7 Å². The lowest BCUT2D eigenvalue weighted by molar-refractivity contribution is 0.573. The van der Waals surface area contributed by atoms with Crippen LogP contribution in [0.2, 0.25) is 0 Å². The molecule has 0 N–H and O–H groups in total. The molecule has 112 valence electrons. The third-order valence-electron chi connectivity index (χ3n) is 2.90. The van der Waals surface area contributed by atoms with Gasteiger partial charge in [-0.1, -0.05) is 87.4 Å². The zero-order valence-corrected chi connectivity index (χ0v) is 15.2. The van der Waals surface area contributed by atoms with Gasteiger partial charge in [-0.2, -0.15) is 0 Å². The molecular formula is C19H36. The van der Waals surface area contributed by atoms with E-state index in [1.165, 1.54) is 16.7 Å². The van der Waals surface area contributed by atoms with Crippen LogP contribution < -0.4 is 0 Å². The molecule has 0 atom stereocenters. The van der Waals surface area contributed by atoms with Crippen LogP contribution in [0.5, 0.6) is 0 Å². The summed E-state index contributed by atoms with van der Waals surface area (Å²) in [6.45, 7) is 23.8. The molecule has 0 aliphatic rings. The Bertz CT molecular complexity index is 345. The highest BCUT2D eigenvalue weighted by atomic mass is 14.2. The van der Waals surface area contributed by atoms with E-state index in [1.54, 1.807) is 0 Å². The van der Waals surface area contributed by atoms with Crippen LogP contribution in [0.3, 0.4) is 0 Å². The highest BCUT2D eigenvalue weighted by Crippen LogP contribution is 2.30. The van der Waals surface area contributed by atoms with Crippen LogP contribution in [0.4, 0.5) is 0 Å². The summed E-state index contributed by atoms with van der Waals surface area (Å²) < 4.78 is 0. The third kappa shape index (κ3) is 6.80. The van der Waals surface area contributed by atoms with E-state index in [-0.39, 0.29) is 10.8 Å². The Morgan fingerprint density at radius 3 is 1.37 bits per heavy atom. The van der Waals surface area contributed by atoms with Crippen LogP contribution in [0, 0.1) is 6.92 Å². The number of hydrogen-bond acceptors (Lipinski definition) is 0. The van der Waals surface area contributed by atoms with Crippen molar-refractivity contribution >= 4 is 0 Å². The van der Waals surface area contributed by atoms with Gasteiger partial charge in [-0.3, -0.25) is 0 Å². The summed E-state index contributed by atoms with van der Waals surface area (Å²) in [5.41, 5.74) is 4.79. The molecule has 0 unspecified atom stereocenters. The quantitative estimate of drug-likeness (QED) is 0.492. The summed E-state index contributed by atoms with van der Waals surface area (Å²) in [7, 11) is 0. The molecular weight excluding hydrogens is 228 g/mol. The van der Waals surface area contributed by atoms with Gasteiger partial charge in [0.2, 0.25) is 0 Å². The first-order valence-corrected chi connectivity index (χ1v) is 7.74. The van der Waals surface area contributed by atoms with Crippen molar-refractivity contribution in [2.75, 3.05) is 0 Å². The molecule has 1 aromatic rings. The highest BCUT2D eigenvalue weighted by Gasteiger charge is 2.19.